The van der Waals surface area contributed by atoms with E-state index in [1.807, 2.05) is 0 Å². The van der Waals surface area contributed by atoms with Crippen LogP contribution in [-0.2, 0) is 0 Å². The predicted molar refractivity (Wildman–Crippen MR) is 73.2 cm³/mol. The molecule has 0 aromatic heterocycles. The average Bonchev–Trinajstić information content (AvgIpc) is 2.24. The second-order valence-electron chi connectivity index (χ2n) is 6.31. The van der Waals surface area contributed by atoms with Gasteiger partial charge in [0.2, 0.25) is 0 Å². The van der Waals surface area contributed by atoms with Crippen molar-refractivity contribution in [2.45, 2.75) is 65.3 Å². The number of nitrogens with one attached hydrogen (secondary N) is 1. The Hall–Kier alpha value is 0.250. The molecule has 2 heteroatoms. The maximum atomic E-state index is 5.88. The standard InChI is InChI=1S/C14H28ClN/c1-14(2,3)13(9-10-15)16-11-12-7-5-4-6-8-12/h12-13,16H,4-11H2,1-3H3. The van der Waals surface area contributed by atoms with Gasteiger partial charge < -0.3 is 5.32 Å². The van der Waals surface area contributed by atoms with Crippen molar-refractivity contribution in [2.24, 2.45) is 11.3 Å². The molecular weight excluding hydrogens is 218 g/mol. The molecule has 1 saturated carbocycles. The summed E-state index contributed by atoms with van der Waals surface area (Å²) in [6.07, 6.45) is 8.23. The van der Waals surface area contributed by atoms with Gasteiger partial charge in [0.05, 0.1) is 0 Å². The highest BCUT2D eigenvalue weighted by molar-refractivity contribution is 6.17. The van der Waals surface area contributed by atoms with Gasteiger partial charge in [-0.2, -0.15) is 0 Å². The van der Waals surface area contributed by atoms with Crippen molar-refractivity contribution in [3.63, 3.8) is 0 Å². The van der Waals surface area contributed by atoms with Crippen LogP contribution in [0.2, 0.25) is 0 Å². The van der Waals surface area contributed by atoms with Gasteiger partial charge in [-0.25, -0.2) is 0 Å². The monoisotopic (exact) mass is 245 g/mol. The van der Waals surface area contributed by atoms with Gasteiger partial charge in [0.1, 0.15) is 0 Å². The fraction of sp³-hybridized carbons (Fsp3) is 1.00. The minimum absolute atomic E-state index is 0.323. The Labute approximate surface area is 106 Å². The molecule has 0 bridgehead atoms. The number of rotatable bonds is 5. The molecule has 16 heavy (non-hydrogen) atoms. The normalized spacial score (nSPS) is 21.0. The summed E-state index contributed by atoms with van der Waals surface area (Å²) in [6, 6.07) is 0.562. The summed E-state index contributed by atoms with van der Waals surface area (Å²) >= 11 is 5.88. The maximum absolute atomic E-state index is 5.88. The lowest BCUT2D eigenvalue weighted by Gasteiger charge is -2.33. The first-order valence-corrected chi connectivity index (χ1v) is 7.37. The Bertz CT molecular complexity index is 180. The van der Waals surface area contributed by atoms with Gasteiger partial charge in [-0.15, -0.1) is 11.6 Å². The van der Waals surface area contributed by atoms with E-state index < -0.39 is 0 Å². The summed E-state index contributed by atoms with van der Waals surface area (Å²) in [6.45, 7) is 8.10. The van der Waals surface area contributed by atoms with E-state index in [1.165, 1.54) is 38.6 Å². The van der Waals surface area contributed by atoms with Crippen LogP contribution in [0.4, 0.5) is 0 Å². The maximum Gasteiger partial charge on any atom is 0.0238 e. The molecule has 96 valence electrons. The van der Waals surface area contributed by atoms with Crippen LogP contribution in [0.5, 0.6) is 0 Å². The van der Waals surface area contributed by atoms with Crippen LogP contribution in [0.3, 0.4) is 0 Å². The lowest BCUT2D eigenvalue weighted by molar-refractivity contribution is 0.236. The van der Waals surface area contributed by atoms with Crippen molar-refractivity contribution >= 4 is 11.6 Å². The summed E-state index contributed by atoms with van der Waals surface area (Å²) in [5.41, 5.74) is 0.323. The zero-order chi connectivity index (χ0) is 12.0. The highest BCUT2D eigenvalue weighted by atomic mass is 35.5. The van der Waals surface area contributed by atoms with Gasteiger partial charge in [-0.05, 0) is 37.1 Å². The minimum atomic E-state index is 0.323. The van der Waals surface area contributed by atoms with Crippen LogP contribution in [0.1, 0.15) is 59.3 Å². The second kappa shape index (κ2) is 6.86. The van der Waals surface area contributed by atoms with Crippen LogP contribution in [0.15, 0.2) is 0 Å². The number of alkyl halides is 1. The van der Waals surface area contributed by atoms with Crippen LogP contribution in [0, 0.1) is 11.3 Å². The third kappa shape index (κ3) is 5.05. The Kier molecular flexibility index (Phi) is 6.13. The zero-order valence-electron chi connectivity index (χ0n) is 11.2. The summed E-state index contributed by atoms with van der Waals surface area (Å²) in [5.74, 6) is 1.67. The average molecular weight is 246 g/mol. The molecular formula is C14H28ClN. The van der Waals surface area contributed by atoms with Gasteiger partial charge in [0.25, 0.3) is 0 Å². The van der Waals surface area contributed by atoms with Crippen molar-refractivity contribution in [1.82, 2.24) is 5.32 Å². The minimum Gasteiger partial charge on any atom is -0.313 e. The van der Waals surface area contributed by atoms with Gasteiger partial charge >= 0.3 is 0 Å². The number of hydrogen-bond donors (Lipinski definition) is 1. The fourth-order valence-corrected chi connectivity index (χ4v) is 2.87. The molecule has 0 radical (unpaired) electrons. The molecule has 0 heterocycles. The number of hydrogen-bond acceptors (Lipinski definition) is 1. The molecule has 1 aliphatic carbocycles. The first-order chi connectivity index (χ1) is 7.54. The quantitative estimate of drug-likeness (QED) is 0.716. The van der Waals surface area contributed by atoms with Crippen LogP contribution >= 0.6 is 11.6 Å². The second-order valence-corrected chi connectivity index (χ2v) is 6.69. The van der Waals surface area contributed by atoms with E-state index in [1.54, 1.807) is 0 Å². The van der Waals surface area contributed by atoms with Gasteiger partial charge in [-0.1, -0.05) is 40.0 Å². The van der Waals surface area contributed by atoms with Crippen molar-refractivity contribution in [1.29, 1.82) is 0 Å². The molecule has 1 fully saturated rings. The first-order valence-electron chi connectivity index (χ1n) is 6.83. The van der Waals surface area contributed by atoms with Crippen LogP contribution in [-0.4, -0.2) is 18.5 Å². The summed E-state index contributed by atoms with van der Waals surface area (Å²) in [7, 11) is 0. The molecule has 1 atom stereocenters. The Morgan fingerprint density at radius 1 is 1.19 bits per heavy atom. The number of halogens is 1. The Morgan fingerprint density at radius 2 is 1.81 bits per heavy atom. The molecule has 0 aromatic carbocycles. The Morgan fingerprint density at radius 3 is 2.31 bits per heavy atom. The lowest BCUT2D eigenvalue weighted by atomic mass is 9.84. The molecule has 0 aliphatic heterocycles. The third-order valence-corrected chi connectivity index (χ3v) is 4.04. The highest BCUT2D eigenvalue weighted by Gasteiger charge is 2.24. The van der Waals surface area contributed by atoms with E-state index in [4.69, 9.17) is 11.6 Å². The van der Waals surface area contributed by atoms with Gasteiger partial charge in [0.15, 0.2) is 0 Å². The molecule has 1 rings (SSSR count). The van der Waals surface area contributed by atoms with Crippen molar-refractivity contribution in [2.75, 3.05) is 12.4 Å². The first kappa shape index (κ1) is 14.3. The topological polar surface area (TPSA) is 12.0 Å². The molecule has 0 aromatic rings. The van der Waals surface area contributed by atoms with Crippen molar-refractivity contribution in [3.05, 3.63) is 0 Å². The van der Waals surface area contributed by atoms with Crippen molar-refractivity contribution in [3.8, 4) is 0 Å². The summed E-state index contributed by atoms with van der Waals surface area (Å²) < 4.78 is 0. The lowest BCUT2D eigenvalue weighted by Crippen LogP contribution is -2.43. The Balaban J connectivity index is 2.31. The fourth-order valence-electron chi connectivity index (χ4n) is 2.65. The van der Waals surface area contributed by atoms with Gasteiger partial charge in [0, 0.05) is 11.9 Å². The molecule has 1 unspecified atom stereocenters. The molecule has 0 saturated heterocycles. The van der Waals surface area contributed by atoms with Crippen molar-refractivity contribution < 1.29 is 0 Å². The smallest absolute Gasteiger partial charge is 0.0238 e. The molecule has 1 nitrogen and oxygen atoms in total. The molecule has 1 N–H and O–H groups in total. The zero-order valence-corrected chi connectivity index (χ0v) is 11.9. The van der Waals surface area contributed by atoms with E-state index >= 15 is 0 Å². The molecule has 0 spiro atoms. The molecule has 0 amide bonds. The van der Waals surface area contributed by atoms with Gasteiger partial charge in [-0.3, -0.25) is 0 Å². The predicted octanol–water partition coefficient (Wildman–Crippen LogP) is 4.20. The summed E-state index contributed by atoms with van der Waals surface area (Å²) in [4.78, 5) is 0. The van der Waals surface area contributed by atoms with Crippen LogP contribution < -0.4 is 5.32 Å². The van der Waals surface area contributed by atoms with E-state index in [0.717, 1.165) is 18.2 Å². The van der Waals surface area contributed by atoms with E-state index in [9.17, 15) is 0 Å². The highest BCUT2D eigenvalue weighted by Crippen LogP contribution is 2.26. The van der Waals surface area contributed by atoms with E-state index in [0.29, 0.717) is 11.5 Å². The largest absolute Gasteiger partial charge is 0.313 e. The van der Waals surface area contributed by atoms with E-state index in [2.05, 4.69) is 26.1 Å². The SMILES string of the molecule is CC(C)(C)C(CCCl)NCC1CCCCC1. The third-order valence-electron chi connectivity index (χ3n) is 3.82. The molecule has 1 aliphatic rings. The van der Waals surface area contributed by atoms with Crippen LogP contribution in [0.25, 0.3) is 0 Å². The summed E-state index contributed by atoms with van der Waals surface area (Å²) in [5, 5.41) is 3.75. The van der Waals surface area contributed by atoms with E-state index in [-0.39, 0.29) is 0 Å².